The number of benzene rings is 1. The molecule has 268 valence electrons. The first kappa shape index (κ1) is 37.4. The molecule has 4 rings (SSSR count). The van der Waals surface area contributed by atoms with Gasteiger partial charge in [0.2, 0.25) is 23.5 Å². The third-order valence-corrected chi connectivity index (χ3v) is 8.27. The Labute approximate surface area is 289 Å². The molecule has 0 spiro atoms. The number of ketones is 1. The predicted octanol–water partition coefficient (Wildman–Crippen LogP) is 0.233. The van der Waals surface area contributed by atoms with Crippen molar-refractivity contribution in [1.29, 1.82) is 0 Å². The Kier molecular flexibility index (Phi) is 13.3. The van der Waals surface area contributed by atoms with E-state index in [0.29, 0.717) is 6.42 Å². The summed E-state index contributed by atoms with van der Waals surface area (Å²) in [5, 5.41) is 13.2. The van der Waals surface area contributed by atoms with E-state index >= 15 is 0 Å². The third-order valence-electron chi connectivity index (χ3n) is 8.27. The Morgan fingerprint density at radius 1 is 0.960 bits per heavy atom. The average molecular weight is 693 g/mol. The van der Waals surface area contributed by atoms with Crippen LogP contribution in [0, 0.1) is 11.8 Å². The van der Waals surface area contributed by atoms with E-state index in [1.165, 1.54) is 23.5 Å². The molecule has 1 saturated carbocycles. The van der Waals surface area contributed by atoms with E-state index in [1.807, 2.05) is 13.0 Å². The molecule has 2 aliphatic rings. The zero-order valence-electron chi connectivity index (χ0n) is 28.3. The van der Waals surface area contributed by atoms with Crippen molar-refractivity contribution in [3.05, 3.63) is 60.2 Å². The first-order chi connectivity index (χ1) is 24.0. The molecule has 16 nitrogen and oxygen atoms in total. The van der Waals surface area contributed by atoms with Crippen molar-refractivity contribution in [2.24, 2.45) is 11.8 Å². The van der Waals surface area contributed by atoms with Crippen molar-refractivity contribution < 1.29 is 38.3 Å². The molecule has 1 aromatic carbocycles. The second-order valence-corrected chi connectivity index (χ2v) is 12.7. The van der Waals surface area contributed by atoms with Gasteiger partial charge in [0, 0.05) is 31.5 Å². The number of nitrogens with one attached hydrogen (secondary N) is 5. The van der Waals surface area contributed by atoms with Crippen LogP contribution in [0.15, 0.2) is 48.9 Å². The Bertz CT molecular complexity index is 1540. The van der Waals surface area contributed by atoms with Crippen LogP contribution in [0.2, 0.25) is 0 Å². The smallest absolute Gasteiger partial charge is 0.410 e. The van der Waals surface area contributed by atoms with Gasteiger partial charge < -0.3 is 36.2 Å². The number of aromatic nitrogens is 2. The second kappa shape index (κ2) is 17.8. The second-order valence-electron chi connectivity index (χ2n) is 12.7. The highest BCUT2D eigenvalue weighted by molar-refractivity contribution is 6.38. The SMILES string of the molecule is CCC[C@H](NC(=O)C1CN(C(=O)OCc2ccccc2)CC1NC(=O)C(NC(=O)CNC(=O)c1cnccn1)C(C)C)C(=O)C(=O)NC1CC1. The van der Waals surface area contributed by atoms with Gasteiger partial charge in [0.05, 0.1) is 30.7 Å². The van der Waals surface area contributed by atoms with Crippen LogP contribution in [0.4, 0.5) is 4.79 Å². The van der Waals surface area contributed by atoms with Gasteiger partial charge in [-0.2, -0.15) is 0 Å². The lowest BCUT2D eigenvalue weighted by atomic mass is 9.98. The van der Waals surface area contributed by atoms with Gasteiger partial charge in [0.25, 0.3) is 11.8 Å². The van der Waals surface area contributed by atoms with Crippen molar-refractivity contribution in [2.45, 2.75) is 77.2 Å². The van der Waals surface area contributed by atoms with E-state index in [9.17, 15) is 33.6 Å². The van der Waals surface area contributed by atoms with Crippen LogP contribution in [0.3, 0.4) is 0 Å². The molecule has 1 aliphatic heterocycles. The largest absolute Gasteiger partial charge is 0.445 e. The highest BCUT2D eigenvalue weighted by Crippen LogP contribution is 2.21. The first-order valence-corrected chi connectivity index (χ1v) is 16.7. The summed E-state index contributed by atoms with van der Waals surface area (Å²) in [5.74, 6) is -5.48. The minimum atomic E-state index is -1.10. The molecule has 1 aromatic heterocycles. The zero-order chi connectivity index (χ0) is 36.2. The maximum absolute atomic E-state index is 13.7. The molecule has 2 heterocycles. The molecule has 1 aliphatic carbocycles. The molecule has 2 aromatic rings. The van der Waals surface area contributed by atoms with E-state index in [4.69, 9.17) is 4.74 Å². The van der Waals surface area contributed by atoms with E-state index in [-0.39, 0.29) is 37.9 Å². The fraction of sp³-hybridized carbons (Fsp3) is 0.500. The molecule has 3 unspecified atom stereocenters. The van der Waals surface area contributed by atoms with Gasteiger partial charge in [-0.1, -0.05) is 57.5 Å². The maximum atomic E-state index is 13.7. The van der Waals surface area contributed by atoms with Gasteiger partial charge in [-0.3, -0.25) is 33.8 Å². The lowest BCUT2D eigenvalue weighted by Crippen LogP contribution is -2.57. The number of nitrogens with zero attached hydrogens (tertiary/aromatic N) is 3. The van der Waals surface area contributed by atoms with Crippen LogP contribution in [0.25, 0.3) is 0 Å². The van der Waals surface area contributed by atoms with E-state index in [1.54, 1.807) is 38.1 Å². The van der Waals surface area contributed by atoms with Crippen LogP contribution >= 0.6 is 0 Å². The van der Waals surface area contributed by atoms with Gasteiger partial charge >= 0.3 is 6.09 Å². The molecule has 6 amide bonds. The summed E-state index contributed by atoms with van der Waals surface area (Å²) in [6, 6.07) is 5.89. The van der Waals surface area contributed by atoms with Gasteiger partial charge in [-0.15, -0.1) is 0 Å². The Morgan fingerprint density at radius 3 is 2.34 bits per heavy atom. The molecule has 5 N–H and O–H groups in total. The molecule has 0 radical (unpaired) electrons. The number of ether oxygens (including phenoxy) is 1. The Hall–Kier alpha value is -5.41. The molecular weight excluding hydrogens is 648 g/mol. The van der Waals surface area contributed by atoms with Crippen molar-refractivity contribution in [3.63, 3.8) is 0 Å². The van der Waals surface area contributed by atoms with Crippen molar-refractivity contribution in [2.75, 3.05) is 19.6 Å². The molecule has 1 saturated heterocycles. The summed E-state index contributed by atoms with van der Waals surface area (Å²) < 4.78 is 5.48. The lowest BCUT2D eigenvalue weighted by Gasteiger charge is -2.26. The standard InChI is InChI=1S/C34H44N8O8/c1-4-8-24(29(44)33(48)38-22-11-12-22)39-30(45)23-17-42(34(49)50-19-21-9-6-5-7-10-21)18-26(23)40-32(47)28(20(2)3)41-27(43)16-37-31(46)25-15-35-13-14-36-25/h5-7,9-10,13-15,20,22-24,26,28H,4,8,11-12,16-19H2,1-3H3,(H,37,46)(H,38,48)(H,39,45)(H,40,47)(H,41,43)/t23?,24-,26?,28?/m0/s1. The van der Waals surface area contributed by atoms with Crippen molar-refractivity contribution in [1.82, 2.24) is 41.5 Å². The fourth-order valence-corrected chi connectivity index (χ4v) is 5.35. The van der Waals surface area contributed by atoms with Crippen LogP contribution < -0.4 is 26.6 Å². The monoisotopic (exact) mass is 692 g/mol. The summed E-state index contributed by atoms with van der Waals surface area (Å²) in [7, 11) is 0. The number of hydrogen-bond donors (Lipinski definition) is 5. The molecule has 4 atom stereocenters. The highest BCUT2D eigenvalue weighted by Gasteiger charge is 2.43. The van der Waals surface area contributed by atoms with Crippen LogP contribution in [-0.4, -0.2) is 100 Å². The number of amides is 6. The minimum Gasteiger partial charge on any atom is -0.445 e. The number of hydrogen-bond acceptors (Lipinski definition) is 10. The quantitative estimate of drug-likeness (QED) is 0.151. The normalized spacial score (nSPS) is 18.0. The summed E-state index contributed by atoms with van der Waals surface area (Å²) in [6.07, 6.45) is 5.57. The molecule has 16 heteroatoms. The van der Waals surface area contributed by atoms with Gasteiger partial charge in [-0.05, 0) is 30.7 Å². The summed E-state index contributed by atoms with van der Waals surface area (Å²) >= 11 is 0. The maximum Gasteiger partial charge on any atom is 0.410 e. The number of rotatable bonds is 16. The third kappa shape index (κ3) is 10.8. The van der Waals surface area contributed by atoms with Crippen molar-refractivity contribution >= 4 is 41.4 Å². The van der Waals surface area contributed by atoms with Gasteiger partial charge in [0.15, 0.2) is 0 Å². The lowest BCUT2D eigenvalue weighted by molar-refractivity contribution is -0.140. The predicted molar refractivity (Wildman–Crippen MR) is 178 cm³/mol. The van der Waals surface area contributed by atoms with Gasteiger partial charge in [0.1, 0.15) is 18.3 Å². The summed E-state index contributed by atoms with van der Waals surface area (Å²) in [4.78, 5) is 100. The number of carbonyl (C=O) groups is 7. The van der Waals surface area contributed by atoms with Crippen molar-refractivity contribution in [3.8, 4) is 0 Å². The van der Waals surface area contributed by atoms with E-state index in [2.05, 4.69) is 36.6 Å². The highest BCUT2D eigenvalue weighted by atomic mass is 16.6. The summed E-state index contributed by atoms with van der Waals surface area (Å²) in [6.45, 7) is 4.54. The Morgan fingerprint density at radius 2 is 1.70 bits per heavy atom. The molecule has 2 fully saturated rings. The van der Waals surface area contributed by atoms with Crippen LogP contribution in [0.1, 0.15) is 62.5 Å². The Balaban J connectivity index is 1.44. The average Bonchev–Trinajstić information content (AvgIpc) is 3.83. The number of Topliss-reactive ketones (excluding diaryl/α,β-unsaturated/α-hetero) is 1. The fourth-order valence-electron chi connectivity index (χ4n) is 5.35. The molecular formula is C34H44N8O8. The minimum absolute atomic E-state index is 0.0118. The zero-order valence-corrected chi connectivity index (χ0v) is 28.3. The topological polar surface area (TPSA) is 218 Å². The summed E-state index contributed by atoms with van der Waals surface area (Å²) in [5.41, 5.74) is 0.773. The number of likely N-dealkylation sites (tertiary alicyclic amines) is 1. The van der Waals surface area contributed by atoms with Crippen LogP contribution in [-0.2, 0) is 35.3 Å². The van der Waals surface area contributed by atoms with E-state index < -0.39 is 77.9 Å². The first-order valence-electron chi connectivity index (χ1n) is 16.7. The van der Waals surface area contributed by atoms with E-state index in [0.717, 1.165) is 18.4 Å². The molecule has 50 heavy (non-hydrogen) atoms. The van der Waals surface area contributed by atoms with Crippen LogP contribution in [0.5, 0.6) is 0 Å². The number of carbonyl (C=O) groups excluding carboxylic acids is 7. The van der Waals surface area contributed by atoms with Gasteiger partial charge in [-0.25, -0.2) is 9.78 Å². The molecule has 0 bridgehead atoms.